The number of anilines is 1. The molecule has 4 aromatic rings. The van der Waals surface area contributed by atoms with Crippen LogP contribution in [0.2, 0.25) is 0 Å². The maximum atomic E-state index is 14.2. The van der Waals surface area contributed by atoms with Gasteiger partial charge in [0.05, 0.1) is 16.9 Å². The third-order valence-corrected chi connectivity index (χ3v) is 4.56. The minimum atomic E-state index is -0.496. The zero-order valence-corrected chi connectivity index (χ0v) is 15.0. The number of benzene rings is 1. The number of nitrogens with one attached hydrogen (secondary N) is 1. The molecular weight excluding hydrogens is 389 g/mol. The van der Waals surface area contributed by atoms with Crippen molar-refractivity contribution in [3.05, 3.63) is 58.3 Å². The summed E-state index contributed by atoms with van der Waals surface area (Å²) >= 11 is 3.45. The van der Waals surface area contributed by atoms with E-state index in [1.165, 1.54) is 6.07 Å². The molecule has 0 unspecified atom stereocenters. The highest BCUT2D eigenvalue weighted by Crippen LogP contribution is 2.26. The van der Waals surface area contributed by atoms with Crippen molar-refractivity contribution in [2.24, 2.45) is 7.05 Å². The Morgan fingerprint density at radius 2 is 2.08 bits per heavy atom. The molecule has 0 radical (unpaired) electrons. The van der Waals surface area contributed by atoms with Gasteiger partial charge < -0.3 is 9.72 Å². The van der Waals surface area contributed by atoms with E-state index in [9.17, 15) is 9.18 Å². The molecule has 0 spiro atoms. The summed E-state index contributed by atoms with van der Waals surface area (Å²) in [7, 11) is 1.79. The minimum Gasteiger partial charge on any atom is -0.320 e. The number of hydrogen-bond donors (Lipinski definition) is 1. The standard InChI is InChI=1S/C17H13BrFN5O/c1-9-6-24-7-10(5-14(19)16(24)20-9)21-17(25)11-3-4-13(18)12-8-23(2)22-15(11)12/h3-8H,1-2H3,(H,21,25). The van der Waals surface area contributed by atoms with Crippen LogP contribution in [0, 0.1) is 12.7 Å². The smallest absolute Gasteiger partial charge is 0.257 e. The molecule has 1 aromatic carbocycles. The molecule has 1 N–H and O–H groups in total. The Labute approximate surface area is 150 Å². The second kappa shape index (κ2) is 5.66. The van der Waals surface area contributed by atoms with Crippen LogP contribution < -0.4 is 5.32 Å². The van der Waals surface area contributed by atoms with Gasteiger partial charge in [0.15, 0.2) is 11.5 Å². The Balaban J connectivity index is 1.74. The number of imidazole rings is 1. The van der Waals surface area contributed by atoms with Crippen LogP contribution in [0.15, 0.2) is 41.3 Å². The van der Waals surface area contributed by atoms with Crippen LogP contribution in [-0.2, 0) is 7.05 Å². The zero-order valence-electron chi connectivity index (χ0n) is 13.4. The second-order valence-corrected chi connectivity index (χ2v) is 6.66. The number of aryl methyl sites for hydroxylation is 2. The lowest BCUT2D eigenvalue weighted by molar-refractivity contribution is 0.102. The monoisotopic (exact) mass is 401 g/mol. The van der Waals surface area contributed by atoms with Crippen LogP contribution in [0.25, 0.3) is 16.6 Å². The van der Waals surface area contributed by atoms with E-state index in [4.69, 9.17) is 0 Å². The molecule has 0 atom stereocenters. The van der Waals surface area contributed by atoms with E-state index < -0.39 is 5.82 Å². The molecule has 3 heterocycles. The average Bonchev–Trinajstić information content (AvgIpc) is 3.10. The van der Waals surface area contributed by atoms with Crippen molar-refractivity contribution in [2.75, 3.05) is 5.32 Å². The number of aromatic nitrogens is 4. The highest BCUT2D eigenvalue weighted by molar-refractivity contribution is 9.10. The van der Waals surface area contributed by atoms with Crippen molar-refractivity contribution < 1.29 is 9.18 Å². The van der Waals surface area contributed by atoms with Crippen LogP contribution in [0.5, 0.6) is 0 Å². The molecule has 0 aliphatic carbocycles. The summed E-state index contributed by atoms with van der Waals surface area (Å²) in [4.78, 5) is 16.8. The van der Waals surface area contributed by atoms with Crippen molar-refractivity contribution in [1.82, 2.24) is 19.2 Å². The molecule has 4 rings (SSSR count). The van der Waals surface area contributed by atoms with Gasteiger partial charge in [-0.3, -0.25) is 9.48 Å². The fourth-order valence-electron chi connectivity index (χ4n) is 2.82. The number of rotatable bonds is 2. The molecule has 1 amide bonds. The number of nitrogens with zero attached hydrogens (tertiary/aromatic N) is 4. The highest BCUT2D eigenvalue weighted by atomic mass is 79.9. The molecule has 0 aliphatic rings. The van der Waals surface area contributed by atoms with Gasteiger partial charge in [-0.15, -0.1) is 0 Å². The normalized spacial score (nSPS) is 11.4. The number of fused-ring (bicyclic) bond motifs is 2. The average molecular weight is 402 g/mol. The maximum absolute atomic E-state index is 14.2. The third-order valence-electron chi connectivity index (χ3n) is 3.87. The Bertz CT molecular complexity index is 1150. The van der Waals surface area contributed by atoms with Gasteiger partial charge >= 0.3 is 0 Å². The number of halogens is 2. The molecular formula is C17H13BrFN5O. The van der Waals surface area contributed by atoms with Gasteiger partial charge in [0, 0.05) is 41.6 Å². The predicted molar refractivity (Wildman–Crippen MR) is 96.3 cm³/mol. The van der Waals surface area contributed by atoms with E-state index in [1.807, 2.05) is 6.20 Å². The van der Waals surface area contributed by atoms with Crippen LogP contribution in [0.3, 0.4) is 0 Å². The van der Waals surface area contributed by atoms with Crippen LogP contribution >= 0.6 is 15.9 Å². The minimum absolute atomic E-state index is 0.228. The lowest BCUT2D eigenvalue weighted by Crippen LogP contribution is -2.13. The molecule has 3 aromatic heterocycles. The summed E-state index contributed by atoms with van der Waals surface area (Å²) in [6.07, 6.45) is 5.16. The van der Waals surface area contributed by atoms with E-state index in [1.54, 1.807) is 47.6 Å². The molecule has 126 valence electrons. The van der Waals surface area contributed by atoms with E-state index in [0.29, 0.717) is 22.5 Å². The predicted octanol–water partition coefficient (Wildman–Crippen LogP) is 3.68. The van der Waals surface area contributed by atoms with Crippen LogP contribution in [0.4, 0.5) is 10.1 Å². The first kappa shape index (κ1) is 15.8. The van der Waals surface area contributed by atoms with Gasteiger partial charge in [0.1, 0.15) is 5.52 Å². The van der Waals surface area contributed by atoms with E-state index in [-0.39, 0.29) is 11.6 Å². The lowest BCUT2D eigenvalue weighted by atomic mass is 10.1. The summed E-state index contributed by atoms with van der Waals surface area (Å²) in [5.74, 6) is -0.850. The fourth-order valence-corrected chi connectivity index (χ4v) is 3.24. The Hall–Kier alpha value is -2.74. The molecule has 8 heteroatoms. The molecule has 0 bridgehead atoms. The summed E-state index contributed by atoms with van der Waals surface area (Å²) < 4.78 is 18.2. The van der Waals surface area contributed by atoms with E-state index in [2.05, 4.69) is 31.3 Å². The molecule has 0 fully saturated rings. The van der Waals surface area contributed by atoms with Crippen molar-refractivity contribution in [2.45, 2.75) is 6.92 Å². The quantitative estimate of drug-likeness (QED) is 0.557. The number of carbonyl (C=O) groups excluding carboxylic acids is 1. The summed E-state index contributed by atoms with van der Waals surface area (Å²) in [5, 5.41) is 7.91. The topological polar surface area (TPSA) is 64.2 Å². The van der Waals surface area contributed by atoms with Crippen molar-refractivity contribution in [3.8, 4) is 0 Å². The van der Waals surface area contributed by atoms with Crippen LogP contribution in [0.1, 0.15) is 16.1 Å². The first-order chi connectivity index (χ1) is 11.9. The number of hydrogen-bond acceptors (Lipinski definition) is 3. The fraction of sp³-hybridized carbons (Fsp3) is 0.118. The van der Waals surface area contributed by atoms with Crippen molar-refractivity contribution in [3.63, 3.8) is 0 Å². The van der Waals surface area contributed by atoms with Crippen LogP contribution in [-0.4, -0.2) is 25.1 Å². The van der Waals surface area contributed by atoms with Gasteiger partial charge in [-0.05, 0) is 19.1 Å². The molecule has 6 nitrogen and oxygen atoms in total. The van der Waals surface area contributed by atoms with Gasteiger partial charge in [-0.25, -0.2) is 9.37 Å². The van der Waals surface area contributed by atoms with Gasteiger partial charge in [-0.1, -0.05) is 15.9 Å². The SMILES string of the molecule is Cc1cn2cc(NC(=O)c3ccc(Br)c4cn(C)nc34)cc(F)c2n1. The van der Waals surface area contributed by atoms with Gasteiger partial charge in [0.2, 0.25) is 0 Å². The summed E-state index contributed by atoms with van der Waals surface area (Å²) in [5.41, 5.74) is 2.27. The van der Waals surface area contributed by atoms with E-state index >= 15 is 0 Å². The molecule has 25 heavy (non-hydrogen) atoms. The summed E-state index contributed by atoms with van der Waals surface area (Å²) in [6.45, 7) is 1.78. The Morgan fingerprint density at radius 1 is 1.28 bits per heavy atom. The number of carbonyl (C=O) groups is 1. The number of pyridine rings is 1. The van der Waals surface area contributed by atoms with Crippen molar-refractivity contribution >= 4 is 44.1 Å². The van der Waals surface area contributed by atoms with Gasteiger partial charge in [0.25, 0.3) is 5.91 Å². The third kappa shape index (κ3) is 2.68. The zero-order chi connectivity index (χ0) is 17.7. The Kier molecular flexibility index (Phi) is 3.57. The molecule has 0 saturated heterocycles. The maximum Gasteiger partial charge on any atom is 0.257 e. The summed E-state index contributed by atoms with van der Waals surface area (Å²) in [6, 6.07) is 4.74. The van der Waals surface area contributed by atoms with E-state index in [0.717, 1.165) is 9.86 Å². The molecule has 0 aliphatic heterocycles. The lowest BCUT2D eigenvalue weighted by Gasteiger charge is -2.07. The highest BCUT2D eigenvalue weighted by Gasteiger charge is 2.16. The second-order valence-electron chi connectivity index (χ2n) is 5.80. The van der Waals surface area contributed by atoms with Gasteiger partial charge in [-0.2, -0.15) is 5.10 Å². The molecule has 0 saturated carbocycles. The van der Waals surface area contributed by atoms with Crippen molar-refractivity contribution in [1.29, 1.82) is 0 Å². The first-order valence-corrected chi connectivity index (χ1v) is 8.30. The first-order valence-electron chi connectivity index (χ1n) is 7.50. The number of amides is 1. The Morgan fingerprint density at radius 3 is 2.88 bits per heavy atom. The largest absolute Gasteiger partial charge is 0.320 e.